The molecule has 2 aromatic rings. The Morgan fingerprint density at radius 1 is 1.00 bits per heavy atom. The molecular weight excluding hydrogens is 290 g/mol. The average molecular weight is 309 g/mol. The summed E-state index contributed by atoms with van der Waals surface area (Å²) in [6.07, 6.45) is 1.34. The molecule has 2 aromatic carbocycles. The highest BCUT2D eigenvalue weighted by Gasteiger charge is 2.33. The van der Waals surface area contributed by atoms with Gasteiger partial charge in [-0.1, -0.05) is 54.6 Å². The predicted octanol–water partition coefficient (Wildman–Crippen LogP) is 2.66. The van der Waals surface area contributed by atoms with Gasteiger partial charge < -0.3 is 10.0 Å². The third-order valence-electron chi connectivity index (χ3n) is 4.32. The monoisotopic (exact) mass is 309 g/mol. The highest BCUT2D eigenvalue weighted by Crippen LogP contribution is 2.24. The summed E-state index contributed by atoms with van der Waals surface area (Å²) in [5, 5.41) is 9.47. The number of fused-ring (bicyclic) bond motifs is 1. The van der Waals surface area contributed by atoms with E-state index >= 15 is 0 Å². The lowest BCUT2D eigenvalue weighted by Crippen LogP contribution is -2.48. The summed E-state index contributed by atoms with van der Waals surface area (Å²) in [7, 11) is 0. The molecule has 1 heterocycles. The van der Waals surface area contributed by atoms with Crippen molar-refractivity contribution in [2.75, 3.05) is 0 Å². The number of aliphatic carboxylic acids is 1. The molecule has 1 amide bonds. The Morgan fingerprint density at radius 3 is 2.35 bits per heavy atom. The fraction of sp³-hybridized carbons (Fsp3) is 0.263. The summed E-state index contributed by atoms with van der Waals surface area (Å²) in [5.74, 6) is -1.04. The molecule has 118 valence electrons. The van der Waals surface area contributed by atoms with Gasteiger partial charge in [0.05, 0.1) is 0 Å². The van der Waals surface area contributed by atoms with Crippen LogP contribution in [0.3, 0.4) is 0 Å². The first-order chi connectivity index (χ1) is 11.1. The molecule has 4 nitrogen and oxygen atoms in total. The molecular formula is C19H19NO3. The van der Waals surface area contributed by atoms with Crippen LogP contribution in [0.25, 0.3) is 0 Å². The van der Waals surface area contributed by atoms with Crippen LogP contribution in [0.15, 0.2) is 54.6 Å². The van der Waals surface area contributed by atoms with Crippen LogP contribution in [-0.4, -0.2) is 27.9 Å². The van der Waals surface area contributed by atoms with E-state index in [4.69, 9.17) is 0 Å². The van der Waals surface area contributed by atoms with Gasteiger partial charge in [0.15, 0.2) is 0 Å². The topological polar surface area (TPSA) is 57.6 Å². The van der Waals surface area contributed by atoms with Gasteiger partial charge in [0.2, 0.25) is 5.91 Å². The molecule has 0 spiro atoms. The first kappa shape index (κ1) is 15.3. The molecule has 0 bridgehead atoms. The average Bonchev–Trinajstić information content (AvgIpc) is 2.59. The van der Waals surface area contributed by atoms with E-state index in [2.05, 4.69) is 0 Å². The maximum absolute atomic E-state index is 12.6. The molecule has 0 saturated carbocycles. The highest BCUT2D eigenvalue weighted by molar-refractivity contribution is 5.84. The zero-order valence-electron chi connectivity index (χ0n) is 12.8. The normalized spacial score (nSPS) is 16.7. The first-order valence-corrected chi connectivity index (χ1v) is 7.78. The van der Waals surface area contributed by atoms with Crippen LogP contribution in [0.2, 0.25) is 0 Å². The second-order valence-electron chi connectivity index (χ2n) is 5.83. The van der Waals surface area contributed by atoms with Crippen molar-refractivity contribution in [3.63, 3.8) is 0 Å². The Hall–Kier alpha value is -2.62. The van der Waals surface area contributed by atoms with Gasteiger partial charge in [-0.3, -0.25) is 4.79 Å². The minimum absolute atomic E-state index is 0.101. The third-order valence-corrected chi connectivity index (χ3v) is 4.32. The summed E-state index contributed by atoms with van der Waals surface area (Å²) in [5.41, 5.74) is 3.15. The Bertz CT molecular complexity index is 712. The molecule has 1 aliphatic heterocycles. The van der Waals surface area contributed by atoms with Gasteiger partial charge in [0.25, 0.3) is 0 Å². The molecule has 4 heteroatoms. The molecule has 0 aliphatic carbocycles. The Kier molecular flexibility index (Phi) is 4.42. The number of carbonyl (C=O) groups is 2. The smallest absolute Gasteiger partial charge is 0.326 e. The number of hydrogen-bond acceptors (Lipinski definition) is 2. The third kappa shape index (κ3) is 3.42. The second-order valence-corrected chi connectivity index (χ2v) is 5.83. The van der Waals surface area contributed by atoms with Crippen molar-refractivity contribution in [1.82, 2.24) is 4.90 Å². The molecule has 1 aliphatic rings. The van der Waals surface area contributed by atoms with Gasteiger partial charge in [0, 0.05) is 19.4 Å². The lowest BCUT2D eigenvalue weighted by molar-refractivity contribution is -0.151. The Morgan fingerprint density at radius 2 is 1.65 bits per heavy atom. The minimum atomic E-state index is -0.937. The summed E-state index contributed by atoms with van der Waals surface area (Å²) in [6.45, 7) is 0.376. The zero-order valence-corrected chi connectivity index (χ0v) is 12.8. The first-order valence-electron chi connectivity index (χ1n) is 7.78. The summed E-state index contributed by atoms with van der Waals surface area (Å²) in [6, 6.07) is 16.7. The van der Waals surface area contributed by atoms with E-state index in [1.807, 2.05) is 54.6 Å². The van der Waals surface area contributed by atoms with Crippen LogP contribution in [0.4, 0.5) is 0 Å². The molecule has 23 heavy (non-hydrogen) atoms. The van der Waals surface area contributed by atoms with Crippen LogP contribution in [0, 0.1) is 0 Å². The number of rotatable bonds is 4. The molecule has 3 rings (SSSR count). The largest absolute Gasteiger partial charge is 0.480 e. The number of benzene rings is 2. The maximum Gasteiger partial charge on any atom is 0.326 e. The van der Waals surface area contributed by atoms with Crippen molar-refractivity contribution in [3.05, 3.63) is 71.3 Å². The number of nitrogens with zero attached hydrogens (tertiary/aromatic N) is 1. The molecule has 1 N–H and O–H groups in total. The number of carboxylic acid groups (broad SMARTS) is 1. The van der Waals surface area contributed by atoms with E-state index in [-0.39, 0.29) is 5.91 Å². The Labute approximate surface area is 135 Å². The highest BCUT2D eigenvalue weighted by atomic mass is 16.4. The SMILES string of the molecule is O=C(O)C1Cc2ccccc2CN1C(=O)CCc1ccccc1. The predicted molar refractivity (Wildman–Crippen MR) is 86.9 cm³/mol. The van der Waals surface area contributed by atoms with E-state index < -0.39 is 12.0 Å². The van der Waals surface area contributed by atoms with Crippen molar-refractivity contribution in [1.29, 1.82) is 0 Å². The molecule has 1 unspecified atom stereocenters. The van der Waals surface area contributed by atoms with Crippen LogP contribution in [-0.2, 0) is 29.0 Å². The maximum atomic E-state index is 12.6. The van der Waals surface area contributed by atoms with Gasteiger partial charge in [-0.2, -0.15) is 0 Å². The lowest BCUT2D eigenvalue weighted by atomic mass is 9.93. The fourth-order valence-corrected chi connectivity index (χ4v) is 3.05. The van der Waals surface area contributed by atoms with Gasteiger partial charge in [-0.25, -0.2) is 4.79 Å². The van der Waals surface area contributed by atoms with Crippen LogP contribution in [0.5, 0.6) is 0 Å². The number of hydrogen-bond donors (Lipinski definition) is 1. The van der Waals surface area contributed by atoms with Crippen molar-refractivity contribution in [2.24, 2.45) is 0 Å². The quantitative estimate of drug-likeness (QED) is 0.944. The van der Waals surface area contributed by atoms with Gasteiger partial charge in [-0.15, -0.1) is 0 Å². The molecule has 1 atom stereocenters. The van der Waals surface area contributed by atoms with E-state index in [9.17, 15) is 14.7 Å². The van der Waals surface area contributed by atoms with Crippen LogP contribution < -0.4 is 0 Å². The summed E-state index contributed by atoms with van der Waals surface area (Å²) >= 11 is 0. The standard InChI is InChI=1S/C19H19NO3/c21-18(11-10-14-6-2-1-3-7-14)20-13-16-9-5-4-8-15(16)12-17(20)19(22)23/h1-9,17H,10-13H2,(H,22,23). The van der Waals surface area contributed by atoms with Gasteiger partial charge in [-0.05, 0) is 23.1 Å². The van der Waals surface area contributed by atoms with Crippen LogP contribution in [0.1, 0.15) is 23.1 Å². The zero-order chi connectivity index (χ0) is 16.2. The Balaban J connectivity index is 1.74. The van der Waals surface area contributed by atoms with E-state index in [1.54, 1.807) is 0 Å². The van der Waals surface area contributed by atoms with Crippen molar-refractivity contribution in [2.45, 2.75) is 31.8 Å². The molecule has 0 radical (unpaired) electrons. The van der Waals surface area contributed by atoms with E-state index in [1.165, 1.54) is 4.90 Å². The molecule has 0 saturated heterocycles. The van der Waals surface area contributed by atoms with Crippen molar-refractivity contribution >= 4 is 11.9 Å². The summed E-state index contributed by atoms with van der Waals surface area (Å²) < 4.78 is 0. The van der Waals surface area contributed by atoms with Crippen LogP contribution >= 0.6 is 0 Å². The van der Waals surface area contributed by atoms with Crippen molar-refractivity contribution in [3.8, 4) is 0 Å². The molecule has 0 aromatic heterocycles. The fourth-order valence-electron chi connectivity index (χ4n) is 3.05. The minimum Gasteiger partial charge on any atom is -0.480 e. The second kappa shape index (κ2) is 6.65. The van der Waals surface area contributed by atoms with Gasteiger partial charge >= 0.3 is 5.97 Å². The molecule has 0 fully saturated rings. The summed E-state index contributed by atoms with van der Waals surface area (Å²) in [4.78, 5) is 25.6. The number of carbonyl (C=O) groups excluding carboxylic acids is 1. The van der Waals surface area contributed by atoms with E-state index in [0.29, 0.717) is 25.8 Å². The van der Waals surface area contributed by atoms with Crippen molar-refractivity contribution < 1.29 is 14.7 Å². The number of aryl methyl sites for hydroxylation is 1. The lowest BCUT2D eigenvalue weighted by Gasteiger charge is -2.34. The van der Waals surface area contributed by atoms with Gasteiger partial charge in [0.1, 0.15) is 6.04 Å². The van der Waals surface area contributed by atoms with E-state index in [0.717, 1.165) is 16.7 Å². The number of amides is 1. The number of carboxylic acids is 1.